The molecule has 50 heavy (non-hydrogen) atoms. The Labute approximate surface area is 283 Å². The Morgan fingerprint density at radius 3 is 2.22 bits per heavy atom. The summed E-state index contributed by atoms with van der Waals surface area (Å²) < 4.78 is 94.0. The first-order chi connectivity index (χ1) is 23.8. The van der Waals surface area contributed by atoms with Crippen molar-refractivity contribution >= 4 is 17.5 Å². The van der Waals surface area contributed by atoms with Crippen LogP contribution >= 0.6 is 0 Å². The smallest absolute Gasteiger partial charge is 0.417 e. The molecule has 2 fully saturated rings. The van der Waals surface area contributed by atoms with Crippen LogP contribution in [0.5, 0.6) is 11.5 Å². The molecule has 0 saturated carbocycles. The molecule has 2 saturated heterocycles. The summed E-state index contributed by atoms with van der Waals surface area (Å²) in [6, 6.07) is 10.2. The third kappa shape index (κ3) is 7.75. The molecule has 2 atom stereocenters. The van der Waals surface area contributed by atoms with Gasteiger partial charge >= 0.3 is 12.4 Å². The molecule has 2 aromatic carbocycles. The molecule has 16 heteroatoms. The van der Waals surface area contributed by atoms with Crippen molar-refractivity contribution in [3.05, 3.63) is 83.7 Å². The molecule has 0 unspecified atom stereocenters. The summed E-state index contributed by atoms with van der Waals surface area (Å²) in [5, 5.41) is 19.4. The number of anilines is 1. The normalized spacial score (nSPS) is 20.1. The van der Waals surface area contributed by atoms with Gasteiger partial charge in [0.25, 0.3) is 11.8 Å². The number of piperazine rings is 1. The van der Waals surface area contributed by atoms with Gasteiger partial charge in [0.1, 0.15) is 18.1 Å². The Morgan fingerprint density at radius 1 is 0.880 bits per heavy atom. The fraction of sp³-hybridized carbons (Fsp3) is 0.441. The zero-order chi connectivity index (χ0) is 36.1. The lowest BCUT2D eigenvalue weighted by Gasteiger charge is -2.50. The minimum atomic E-state index is -4.90. The molecule has 3 heterocycles. The second-order valence-electron chi connectivity index (χ2n) is 11.9. The van der Waals surface area contributed by atoms with Crippen LogP contribution in [0.25, 0.3) is 0 Å². The van der Waals surface area contributed by atoms with Gasteiger partial charge in [-0.05, 0) is 55.3 Å². The van der Waals surface area contributed by atoms with Crippen molar-refractivity contribution in [3.8, 4) is 11.5 Å². The fourth-order valence-corrected chi connectivity index (χ4v) is 6.56. The van der Waals surface area contributed by atoms with Gasteiger partial charge in [0, 0.05) is 58.1 Å². The summed E-state index contributed by atoms with van der Waals surface area (Å²) in [6.07, 6.45) is -8.09. The molecule has 10 nitrogen and oxygen atoms in total. The van der Waals surface area contributed by atoms with Crippen LogP contribution < -0.4 is 14.4 Å². The molecular formula is C34H36F6N4O6. The first kappa shape index (κ1) is 36.7. The largest absolute Gasteiger partial charge is 0.489 e. The van der Waals surface area contributed by atoms with Crippen molar-refractivity contribution < 1.29 is 55.6 Å². The summed E-state index contributed by atoms with van der Waals surface area (Å²) in [5.74, 6) is -1.31. The Bertz CT molecular complexity index is 1630. The average Bonchev–Trinajstić information content (AvgIpc) is 3.10. The number of rotatable bonds is 10. The van der Waals surface area contributed by atoms with Gasteiger partial charge in [0.05, 0.1) is 35.0 Å². The van der Waals surface area contributed by atoms with Gasteiger partial charge in [0.2, 0.25) is 5.60 Å². The van der Waals surface area contributed by atoms with Crippen molar-refractivity contribution in [2.45, 2.75) is 43.3 Å². The molecule has 0 radical (unpaired) electrons. The van der Waals surface area contributed by atoms with Crippen LogP contribution in [-0.2, 0) is 17.1 Å². The van der Waals surface area contributed by atoms with Crippen molar-refractivity contribution in [1.82, 2.24) is 14.8 Å². The molecular weight excluding hydrogens is 674 g/mol. The van der Waals surface area contributed by atoms with E-state index in [1.807, 2.05) is 17.0 Å². The molecule has 2 aliphatic heterocycles. The number of amides is 2. The van der Waals surface area contributed by atoms with E-state index in [4.69, 9.17) is 9.47 Å². The topological polar surface area (TPSA) is 116 Å². The maximum absolute atomic E-state index is 14.7. The monoisotopic (exact) mass is 710 g/mol. The number of carbonyl (C=O) groups excluding carboxylic acids is 2. The summed E-state index contributed by atoms with van der Waals surface area (Å²) in [6.45, 7) is 0.141. The number of likely N-dealkylation sites (tertiary alicyclic amines) is 1. The second-order valence-corrected chi connectivity index (χ2v) is 11.9. The van der Waals surface area contributed by atoms with Gasteiger partial charge in [-0.25, -0.2) is 0 Å². The van der Waals surface area contributed by atoms with Gasteiger partial charge in [-0.3, -0.25) is 14.6 Å². The van der Waals surface area contributed by atoms with Crippen LogP contribution in [0.3, 0.4) is 0 Å². The minimum Gasteiger partial charge on any atom is -0.489 e. The lowest BCUT2D eigenvalue weighted by atomic mass is 9.80. The van der Waals surface area contributed by atoms with E-state index in [9.17, 15) is 46.1 Å². The van der Waals surface area contributed by atoms with E-state index in [1.54, 1.807) is 12.1 Å². The predicted molar refractivity (Wildman–Crippen MR) is 168 cm³/mol. The van der Waals surface area contributed by atoms with E-state index in [2.05, 4.69) is 4.98 Å². The highest BCUT2D eigenvalue weighted by Gasteiger charge is 2.56. The van der Waals surface area contributed by atoms with E-state index in [0.717, 1.165) is 47.2 Å². The van der Waals surface area contributed by atoms with E-state index in [0.29, 0.717) is 24.9 Å². The van der Waals surface area contributed by atoms with Gasteiger partial charge in [-0.2, -0.15) is 26.3 Å². The van der Waals surface area contributed by atoms with Crippen molar-refractivity contribution in [2.24, 2.45) is 0 Å². The zero-order valence-electron chi connectivity index (χ0n) is 26.8. The maximum atomic E-state index is 14.7. The third-order valence-corrected chi connectivity index (χ3v) is 8.85. The minimum absolute atomic E-state index is 0.0431. The quantitative estimate of drug-likeness (QED) is 0.293. The molecule has 5 rings (SSSR count). The van der Waals surface area contributed by atoms with Crippen molar-refractivity contribution in [2.75, 3.05) is 57.4 Å². The number of benzene rings is 2. The number of alkyl halides is 6. The Balaban J connectivity index is 1.50. The molecule has 270 valence electrons. The van der Waals surface area contributed by atoms with Crippen LogP contribution in [0.1, 0.15) is 40.7 Å². The second kappa shape index (κ2) is 15.1. The van der Waals surface area contributed by atoms with Crippen LogP contribution in [0, 0.1) is 0 Å². The SMILES string of the molecule is O=C(c1cnccc1C(F)(F)F)N1CCC[C@@](Oc2ccc(C(F)(F)F)cc2)(C(=O)N2CCN(c3ccccc3OCCO)CC2)[C@H]1CCO. The summed E-state index contributed by atoms with van der Waals surface area (Å²) >= 11 is 0. The fourth-order valence-electron chi connectivity index (χ4n) is 6.56. The Morgan fingerprint density at radius 2 is 1.58 bits per heavy atom. The summed E-state index contributed by atoms with van der Waals surface area (Å²) in [4.78, 5) is 36.9. The molecule has 0 bridgehead atoms. The van der Waals surface area contributed by atoms with Gasteiger partial charge < -0.3 is 34.4 Å². The number of carbonyl (C=O) groups is 2. The number of aromatic nitrogens is 1. The Hall–Kier alpha value is -4.57. The number of hydrogen-bond donors (Lipinski definition) is 2. The highest BCUT2D eigenvalue weighted by molar-refractivity contribution is 5.97. The van der Waals surface area contributed by atoms with Crippen LogP contribution in [0.4, 0.5) is 32.0 Å². The van der Waals surface area contributed by atoms with Crippen molar-refractivity contribution in [1.29, 1.82) is 0 Å². The van der Waals surface area contributed by atoms with Crippen LogP contribution in [0.15, 0.2) is 67.0 Å². The number of pyridine rings is 1. The highest BCUT2D eigenvalue weighted by atomic mass is 19.4. The average molecular weight is 711 g/mol. The van der Waals surface area contributed by atoms with Gasteiger partial charge in [0.15, 0.2) is 0 Å². The highest BCUT2D eigenvalue weighted by Crippen LogP contribution is 2.40. The zero-order valence-corrected chi connectivity index (χ0v) is 26.8. The van der Waals surface area contributed by atoms with Crippen LogP contribution in [-0.4, -0.2) is 101 Å². The van der Waals surface area contributed by atoms with E-state index in [1.165, 1.54) is 4.90 Å². The summed E-state index contributed by atoms with van der Waals surface area (Å²) in [5.41, 5.74) is -4.20. The lowest BCUT2D eigenvalue weighted by molar-refractivity contribution is -0.160. The molecule has 2 aliphatic rings. The number of para-hydroxylation sites is 2. The molecule has 0 spiro atoms. The Kier molecular flexibility index (Phi) is 11.1. The maximum Gasteiger partial charge on any atom is 0.417 e. The number of piperidine rings is 1. The first-order valence-electron chi connectivity index (χ1n) is 16.0. The molecule has 2 amide bonds. The number of aliphatic hydroxyl groups excluding tert-OH is 2. The van der Waals surface area contributed by atoms with E-state index in [-0.39, 0.29) is 57.9 Å². The molecule has 0 aliphatic carbocycles. The number of hydrogen-bond acceptors (Lipinski definition) is 8. The number of halogens is 6. The molecule has 3 aromatic rings. The van der Waals surface area contributed by atoms with Gasteiger partial charge in [-0.15, -0.1) is 0 Å². The molecule has 2 N–H and O–H groups in total. The molecule has 1 aromatic heterocycles. The first-order valence-corrected chi connectivity index (χ1v) is 16.0. The third-order valence-electron chi connectivity index (χ3n) is 8.85. The number of aliphatic hydroxyl groups is 2. The standard InChI is InChI=1S/C34H36F6N4O6/c35-33(36,37)23-6-8-24(9-7-23)50-32(31(48)43-17-15-42(16-18-43)27-4-1-2-5-28(27)49-21-20-46)12-3-14-44(29(32)11-19-45)30(47)25-22-41-13-10-26(25)34(38,39)40/h1-2,4-10,13,22,29,45-46H,3,11-12,14-21H2/t29-,32+/m1/s1. The predicted octanol–water partition coefficient (Wildman–Crippen LogP) is 4.64. The van der Waals surface area contributed by atoms with Gasteiger partial charge in [-0.1, -0.05) is 12.1 Å². The van der Waals surface area contributed by atoms with E-state index < -0.39 is 59.1 Å². The number of nitrogens with zero attached hydrogens (tertiary/aromatic N) is 4. The van der Waals surface area contributed by atoms with Crippen molar-refractivity contribution in [3.63, 3.8) is 0 Å². The summed E-state index contributed by atoms with van der Waals surface area (Å²) in [7, 11) is 0. The lowest BCUT2D eigenvalue weighted by Crippen LogP contribution is -2.69. The number of ether oxygens (including phenoxy) is 2. The van der Waals surface area contributed by atoms with Crippen LogP contribution in [0.2, 0.25) is 0 Å². The van der Waals surface area contributed by atoms with E-state index >= 15 is 0 Å².